The number of nitrogens with zero attached hydrogens (tertiary/aromatic N) is 2. The first kappa shape index (κ1) is 21.4. The predicted octanol–water partition coefficient (Wildman–Crippen LogP) is 3.07. The number of benzene rings is 1. The standard InChI is InChI=1S/C22H34N2O3/c1-16(2)14-19(15-25)24-13-12-23(11-10-20(24)26)21(27)17-6-8-18(9-7-17)22(3,4)5/h6-9,16,19,25H,10-15H2,1-5H3/t19-/m0/s1. The molecule has 2 amide bonds. The Hall–Kier alpha value is -1.88. The molecule has 1 heterocycles. The van der Waals surface area contributed by atoms with Crippen LogP contribution in [0.4, 0.5) is 0 Å². The highest BCUT2D eigenvalue weighted by molar-refractivity contribution is 5.94. The Morgan fingerprint density at radius 1 is 1.11 bits per heavy atom. The topological polar surface area (TPSA) is 60.9 Å². The maximum Gasteiger partial charge on any atom is 0.253 e. The zero-order valence-electron chi connectivity index (χ0n) is 17.4. The Labute approximate surface area is 163 Å². The average Bonchev–Trinajstić information content (AvgIpc) is 2.80. The molecule has 5 heteroatoms. The molecule has 5 nitrogen and oxygen atoms in total. The molecule has 0 spiro atoms. The van der Waals surface area contributed by atoms with E-state index < -0.39 is 0 Å². The van der Waals surface area contributed by atoms with E-state index in [0.29, 0.717) is 37.5 Å². The Morgan fingerprint density at radius 2 is 1.74 bits per heavy atom. The van der Waals surface area contributed by atoms with Crippen LogP contribution in [-0.2, 0) is 10.2 Å². The molecule has 2 rings (SSSR count). The summed E-state index contributed by atoms with van der Waals surface area (Å²) >= 11 is 0. The second-order valence-corrected chi connectivity index (χ2v) is 8.92. The van der Waals surface area contributed by atoms with Gasteiger partial charge in [0.2, 0.25) is 5.91 Å². The van der Waals surface area contributed by atoms with Crippen LogP contribution in [0.15, 0.2) is 24.3 Å². The van der Waals surface area contributed by atoms with Gasteiger partial charge in [-0.25, -0.2) is 0 Å². The first-order chi connectivity index (χ1) is 12.6. The molecule has 1 saturated heterocycles. The maximum atomic E-state index is 12.9. The van der Waals surface area contributed by atoms with E-state index in [-0.39, 0.29) is 29.9 Å². The largest absolute Gasteiger partial charge is 0.394 e. The van der Waals surface area contributed by atoms with Crippen LogP contribution in [0.3, 0.4) is 0 Å². The molecule has 0 saturated carbocycles. The van der Waals surface area contributed by atoms with Crippen LogP contribution in [0.25, 0.3) is 0 Å². The molecule has 150 valence electrons. The van der Waals surface area contributed by atoms with Crippen LogP contribution >= 0.6 is 0 Å². The first-order valence-electron chi connectivity index (χ1n) is 9.93. The summed E-state index contributed by atoms with van der Waals surface area (Å²) in [6.45, 7) is 12.0. The van der Waals surface area contributed by atoms with Gasteiger partial charge in [-0.1, -0.05) is 46.8 Å². The van der Waals surface area contributed by atoms with Gasteiger partial charge < -0.3 is 14.9 Å². The fraction of sp³-hybridized carbons (Fsp3) is 0.636. The summed E-state index contributed by atoms with van der Waals surface area (Å²) in [5, 5.41) is 9.71. The third kappa shape index (κ3) is 5.55. The van der Waals surface area contributed by atoms with Crippen LogP contribution in [0.5, 0.6) is 0 Å². The van der Waals surface area contributed by atoms with Crippen molar-refractivity contribution in [3.8, 4) is 0 Å². The van der Waals surface area contributed by atoms with Gasteiger partial charge in [0, 0.05) is 31.6 Å². The van der Waals surface area contributed by atoms with Crippen molar-refractivity contribution in [3.63, 3.8) is 0 Å². The lowest BCUT2D eigenvalue weighted by atomic mass is 9.86. The van der Waals surface area contributed by atoms with Crippen LogP contribution < -0.4 is 0 Å². The summed E-state index contributed by atoms with van der Waals surface area (Å²) < 4.78 is 0. The molecule has 0 radical (unpaired) electrons. The third-order valence-electron chi connectivity index (χ3n) is 5.21. The monoisotopic (exact) mass is 374 g/mol. The summed E-state index contributed by atoms with van der Waals surface area (Å²) in [5.74, 6) is 0.389. The quantitative estimate of drug-likeness (QED) is 0.862. The van der Waals surface area contributed by atoms with Crippen LogP contribution in [0, 0.1) is 5.92 Å². The van der Waals surface area contributed by atoms with Crippen molar-refractivity contribution in [2.45, 2.75) is 58.9 Å². The molecule has 1 aromatic rings. The Kier molecular flexibility index (Phi) is 7.04. The molecule has 1 atom stereocenters. The molecular formula is C22H34N2O3. The lowest BCUT2D eigenvalue weighted by Crippen LogP contribution is -2.44. The first-order valence-corrected chi connectivity index (χ1v) is 9.93. The van der Waals surface area contributed by atoms with Gasteiger partial charge in [-0.3, -0.25) is 9.59 Å². The highest BCUT2D eigenvalue weighted by Crippen LogP contribution is 2.23. The van der Waals surface area contributed by atoms with Gasteiger partial charge in [-0.2, -0.15) is 0 Å². The Balaban J connectivity index is 2.08. The van der Waals surface area contributed by atoms with Crippen molar-refractivity contribution in [2.75, 3.05) is 26.2 Å². The number of hydrogen-bond donors (Lipinski definition) is 1. The summed E-state index contributed by atoms with van der Waals surface area (Å²) in [4.78, 5) is 28.9. The lowest BCUT2D eigenvalue weighted by molar-refractivity contribution is -0.133. The summed E-state index contributed by atoms with van der Waals surface area (Å²) in [6, 6.07) is 7.60. The minimum absolute atomic E-state index is 0.0214. The van der Waals surface area contributed by atoms with Gasteiger partial charge in [0.05, 0.1) is 12.6 Å². The molecule has 1 N–H and O–H groups in total. The maximum absolute atomic E-state index is 12.9. The number of carbonyl (C=O) groups excluding carboxylic acids is 2. The minimum Gasteiger partial charge on any atom is -0.394 e. The van der Waals surface area contributed by atoms with E-state index >= 15 is 0 Å². The zero-order chi connectivity index (χ0) is 20.2. The predicted molar refractivity (Wildman–Crippen MR) is 108 cm³/mol. The Morgan fingerprint density at radius 3 is 2.26 bits per heavy atom. The third-order valence-corrected chi connectivity index (χ3v) is 5.21. The van der Waals surface area contributed by atoms with E-state index in [0.717, 1.165) is 6.42 Å². The molecule has 27 heavy (non-hydrogen) atoms. The van der Waals surface area contributed by atoms with Crippen molar-refractivity contribution >= 4 is 11.8 Å². The van der Waals surface area contributed by atoms with E-state index in [9.17, 15) is 14.7 Å². The molecule has 0 unspecified atom stereocenters. The number of amides is 2. The van der Waals surface area contributed by atoms with Crippen molar-refractivity contribution in [3.05, 3.63) is 35.4 Å². The van der Waals surface area contributed by atoms with E-state index in [1.165, 1.54) is 5.56 Å². The lowest BCUT2D eigenvalue weighted by Gasteiger charge is -2.31. The molecule has 1 fully saturated rings. The highest BCUT2D eigenvalue weighted by Gasteiger charge is 2.29. The number of carbonyl (C=O) groups is 2. The van der Waals surface area contributed by atoms with Gasteiger partial charge in [-0.15, -0.1) is 0 Å². The van der Waals surface area contributed by atoms with E-state index in [1.807, 2.05) is 24.3 Å². The molecule has 0 aliphatic carbocycles. The Bertz CT molecular complexity index is 647. The fourth-order valence-corrected chi connectivity index (χ4v) is 3.57. The van der Waals surface area contributed by atoms with Gasteiger partial charge in [0.25, 0.3) is 5.91 Å². The number of rotatable bonds is 5. The zero-order valence-corrected chi connectivity index (χ0v) is 17.4. The molecule has 0 aromatic heterocycles. The number of aliphatic hydroxyl groups is 1. The van der Waals surface area contributed by atoms with Gasteiger partial charge in [0.15, 0.2) is 0 Å². The second-order valence-electron chi connectivity index (χ2n) is 8.92. The van der Waals surface area contributed by atoms with Crippen LogP contribution in [0.2, 0.25) is 0 Å². The van der Waals surface area contributed by atoms with E-state index in [2.05, 4.69) is 34.6 Å². The van der Waals surface area contributed by atoms with Crippen LogP contribution in [0.1, 0.15) is 63.4 Å². The fourth-order valence-electron chi connectivity index (χ4n) is 3.57. The molecule has 0 bridgehead atoms. The van der Waals surface area contributed by atoms with Gasteiger partial charge >= 0.3 is 0 Å². The molecule has 1 aromatic carbocycles. The van der Waals surface area contributed by atoms with Crippen LogP contribution in [-0.4, -0.2) is 59.0 Å². The van der Waals surface area contributed by atoms with Crippen molar-refractivity contribution in [1.82, 2.24) is 9.80 Å². The molecular weight excluding hydrogens is 340 g/mol. The summed E-state index contributed by atoms with van der Waals surface area (Å²) in [5.41, 5.74) is 1.90. The highest BCUT2D eigenvalue weighted by atomic mass is 16.3. The average molecular weight is 375 g/mol. The number of aliphatic hydroxyl groups excluding tert-OH is 1. The number of hydrogen-bond acceptors (Lipinski definition) is 3. The SMILES string of the molecule is CC(C)C[C@@H](CO)N1CCN(C(=O)c2ccc(C(C)(C)C)cc2)CCC1=O. The second kappa shape index (κ2) is 8.87. The summed E-state index contributed by atoms with van der Waals surface area (Å²) in [7, 11) is 0. The van der Waals surface area contributed by atoms with Crippen molar-refractivity contribution in [2.24, 2.45) is 5.92 Å². The van der Waals surface area contributed by atoms with Gasteiger partial charge in [-0.05, 0) is 35.4 Å². The molecule has 1 aliphatic rings. The van der Waals surface area contributed by atoms with E-state index in [1.54, 1.807) is 9.80 Å². The van der Waals surface area contributed by atoms with Crippen molar-refractivity contribution in [1.29, 1.82) is 0 Å². The molecule has 1 aliphatic heterocycles. The van der Waals surface area contributed by atoms with Crippen molar-refractivity contribution < 1.29 is 14.7 Å². The summed E-state index contributed by atoms with van der Waals surface area (Å²) in [6.07, 6.45) is 1.07. The smallest absolute Gasteiger partial charge is 0.253 e. The normalized spacial score (nSPS) is 17.2. The van der Waals surface area contributed by atoms with Gasteiger partial charge in [0.1, 0.15) is 0 Å². The van der Waals surface area contributed by atoms with E-state index in [4.69, 9.17) is 0 Å². The minimum atomic E-state index is -0.168.